The lowest BCUT2D eigenvalue weighted by atomic mass is 10.1. The first kappa shape index (κ1) is 18.9. The highest BCUT2D eigenvalue weighted by atomic mass is 35.5. The molecule has 29 heavy (non-hydrogen) atoms. The number of aryl methyl sites for hydroxylation is 2. The van der Waals surface area contributed by atoms with Crippen molar-refractivity contribution in [1.82, 2.24) is 14.8 Å². The van der Waals surface area contributed by atoms with E-state index in [1.807, 2.05) is 56.3 Å². The van der Waals surface area contributed by atoms with Crippen molar-refractivity contribution in [2.75, 3.05) is 5.32 Å². The average molecular weight is 403 g/mol. The molecule has 2 aromatic heterocycles. The number of nitrogens with zero attached hydrogens (tertiary/aromatic N) is 3. The van der Waals surface area contributed by atoms with Gasteiger partial charge in [-0.1, -0.05) is 35.4 Å². The average Bonchev–Trinajstić information content (AvgIpc) is 3.17. The Kier molecular flexibility index (Phi) is 5.14. The second-order valence-electron chi connectivity index (χ2n) is 6.82. The van der Waals surface area contributed by atoms with E-state index in [1.165, 1.54) is 0 Å². The monoisotopic (exact) mass is 402 g/mol. The molecule has 5 nitrogen and oxygen atoms in total. The minimum atomic E-state index is -0.300. The van der Waals surface area contributed by atoms with Gasteiger partial charge in [-0.05, 0) is 61.9 Å². The van der Waals surface area contributed by atoms with Gasteiger partial charge in [-0.3, -0.25) is 9.78 Å². The number of aromatic nitrogens is 3. The van der Waals surface area contributed by atoms with Crippen LogP contribution >= 0.6 is 11.6 Å². The first-order valence-electron chi connectivity index (χ1n) is 9.16. The van der Waals surface area contributed by atoms with Crippen molar-refractivity contribution in [1.29, 1.82) is 0 Å². The van der Waals surface area contributed by atoms with Gasteiger partial charge >= 0.3 is 0 Å². The molecule has 0 bridgehead atoms. The second kappa shape index (κ2) is 7.89. The van der Waals surface area contributed by atoms with Gasteiger partial charge in [-0.2, -0.15) is 5.10 Å². The van der Waals surface area contributed by atoms with Crippen LogP contribution in [0.25, 0.3) is 16.9 Å². The lowest BCUT2D eigenvalue weighted by molar-refractivity contribution is 0.102. The van der Waals surface area contributed by atoms with Gasteiger partial charge in [0, 0.05) is 28.7 Å². The number of pyridine rings is 1. The quantitative estimate of drug-likeness (QED) is 0.493. The number of anilines is 1. The predicted octanol–water partition coefficient (Wildman–Crippen LogP) is 5.46. The molecule has 144 valence electrons. The molecular weight excluding hydrogens is 384 g/mol. The molecule has 0 aliphatic heterocycles. The van der Waals surface area contributed by atoms with E-state index >= 15 is 0 Å². The molecule has 2 aromatic carbocycles. The second-order valence-corrected chi connectivity index (χ2v) is 7.25. The lowest BCUT2D eigenvalue weighted by Crippen LogP contribution is -2.14. The maximum Gasteiger partial charge on any atom is 0.276 e. The summed E-state index contributed by atoms with van der Waals surface area (Å²) >= 11 is 6.07. The van der Waals surface area contributed by atoms with Crippen LogP contribution in [-0.4, -0.2) is 20.7 Å². The SMILES string of the molecule is Cc1ccc(-n2nc(C(=O)Nc3cc(Cl)ccc3C)cc2-c2cccnc2)cc1. The van der Waals surface area contributed by atoms with Crippen molar-refractivity contribution in [3.05, 3.63) is 94.9 Å². The Hall–Kier alpha value is -3.44. The third kappa shape index (κ3) is 4.05. The number of hydrogen-bond donors (Lipinski definition) is 1. The highest BCUT2D eigenvalue weighted by Crippen LogP contribution is 2.25. The zero-order valence-corrected chi connectivity index (χ0v) is 16.8. The zero-order valence-electron chi connectivity index (χ0n) is 16.1. The van der Waals surface area contributed by atoms with Gasteiger partial charge in [0.15, 0.2) is 5.69 Å². The fraction of sp³-hybridized carbons (Fsp3) is 0.0870. The molecule has 0 aliphatic rings. The van der Waals surface area contributed by atoms with E-state index < -0.39 is 0 Å². The van der Waals surface area contributed by atoms with E-state index in [0.717, 1.165) is 28.1 Å². The smallest absolute Gasteiger partial charge is 0.276 e. The highest BCUT2D eigenvalue weighted by Gasteiger charge is 2.18. The first-order chi connectivity index (χ1) is 14.0. The van der Waals surface area contributed by atoms with Gasteiger partial charge in [0.05, 0.1) is 11.4 Å². The van der Waals surface area contributed by atoms with Gasteiger partial charge in [-0.25, -0.2) is 4.68 Å². The molecule has 0 spiro atoms. The minimum absolute atomic E-state index is 0.300. The van der Waals surface area contributed by atoms with Crippen LogP contribution in [0.3, 0.4) is 0 Å². The minimum Gasteiger partial charge on any atom is -0.320 e. The molecule has 0 aliphatic carbocycles. The molecular formula is C23H19ClN4O. The van der Waals surface area contributed by atoms with E-state index in [1.54, 1.807) is 35.3 Å². The summed E-state index contributed by atoms with van der Waals surface area (Å²) in [6.07, 6.45) is 3.47. The molecule has 2 heterocycles. The molecule has 4 aromatic rings. The van der Waals surface area contributed by atoms with Crippen molar-refractivity contribution in [3.63, 3.8) is 0 Å². The van der Waals surface area contributed by atoms with Crippen LogP contribution in [0, 0.1) is 13.8 Å². The molecule has 1 N–H and O–H groups in total. The number of carbonyl (C=O) groups is 1. The van der Waals surface area contributed by atoms with E-state index in [-0.39, 0.29) is 5.91 Å². The van der Waals surface area contributed by atoms with Gasteiger partial charge in [-0.15, -0.1) is 0 Å². The summed E-state index contributed by atoms with van der Waals surface area (Å²) in [5.41, 5.74) is 5.58. The van der Waals surface area contributed by atoms with Gasteiger partial charge in [0.2, 0.25) is 0 Å². The van der Waals surface area contributed by atoms with Crippen LogP contribution in [0.2, 0.25) is 5.02 Å². The van der Waals surface area contributed by atoms with Gasteiger partial charge in [0.25, 0.3) is 5.91 Å². The maximum atomic E-state index is 12.9. The molecule has 1 amide bonds. The number of amides is 1. The third-order valence-electron chi connectivity index (χ3n) is 4.63. The molecule has 0 saturated carbocycles. The van der Waals surface area contributed by atoms with Crippen LogP contribution in [0.5, 0.6) is 0 Å². The number of carbonyl (C=O) groups excluding carboxylic acids is 1. The fourth-order valence-corrected chi connectivity index (χ4v) is 3.18. The standard InChI is InChI=1S/C23H19ClN4O/c1-15-5-9-19(10-6-15)28-22(17-4-3-11-25-14-17)13-21(27-28)23(29)26-20-12-18(24)8-7-16(20)2/h3-14H,1-2H3,(H,26,29). The van der Waals surface area contributed by atoms with Crippen molar-refractivity contribution in [3.8, 4) is 16.9 Å². The normalized spacial score (nSPS) is 10.7. The number of hydrogen-bond acceptors (Lipinski definition) is 3. The Morgan fingerprint density at radius 2 is 1.83 bits per heavy atom. The van der Waals surface area contributed by atoms with Crippen LogP contribution < -0.4 is 5.32 Å². The molecule has 4 rings (SSSR count). The molecule has 0 saturated heterocycles. The number of benzene rings is 2. The Balaban J connectivity index is 1.75. The summed E-state index contributed by atoms with van der Waals surface area (Å²) in [6, 6.07) is 18.9. The molecule has 6 heteroatoms. The van der Waals surface area contributed by atoms with E-state index in [4.69, 9.17) is 11.6 Å². The van der Waals surface area contributed by atoms with Crippen LogP contribution in [0.15, 0.2) is 73.1 Å². The maximum absolute atomic E-state index is 12.9. The Labute approximate surface area is 174 Å². The summed E-state index contributed by atoms with van der Waals surface area (Å²) in [6.45, 7) is 3.94. The Morgan fingerprint density at radius 1 is 1.03 bits per heavy atom. The van der Waals surface area contributed by atoms with Crippen LogP contribution in [-0.2, 0) is 0 Å². The van der Waals surface area contributed by atoms with Gasteiger partial charge < -0.3 is 5.32 Å². The third-order valence-corrected chi connectivity index (χ3v) is 4.86. The summed E-state index contributed by atoms with van der Waals surface area (Å²) < 4.78 is 1.76. The van der Waals surface area contributed by atoms with Crippen LogP contribution in [0.1, 0.15) is 21.6 Å². The summed E-state index contributed by atoms with van der Waals surface area (Å²) in [4.78, 5) is 17.1. The fourth-order valence-electron chi connectivity index (χ4n) is 3.01. The number of halogens is 1. The topological polar surface area (TPSA) is 59.8 Å². The molecule has 0 radical (unpaired) electrons. The van der Waals surface area contributed by atoms with Gasteiger partial charge in [0.1, 0.15) is 0 Å². The van der Waals surface area contributed by atoms with E-state index in [9.17, 15) is 4.79 Å². The largest absolute Gasteiger partial charge is 0.320 e. The lowest BCUT2D eigenvalue weighted by Gasteiger charge is -2.08. The van der Waals surface area contributed by atoms with E-state index in [2.05, 4.69) is 15.4 Å². The number of nitrogens with one attached hydrogen (secondary N) is 1. The summed E-state index contributed by atoms with van der Waals surface area (Å²) in [5.74, 6) is -0.300. The molecule has 0 unspecified atom stereocenters. The highest BCUT2D eigenvalue weighted by molar-refractivity contribution is 6.31. The molecule has 0 atom stereocenters. The molecule has 0 fully saturated rings. The van der Waals surface area contributed by atoms with Crippen LogP contribution in [0.4, 0.5) is 5.69 Å². The first-order valence-corrected chi connectivity index (χ1v) is 9.54. The Bertz CT molecular complexity index is 1170. The van der Waals surface area contributed by atoms with Crippen molar-refractivity contribution in [2.24, 2.45) is 0 Å². The van der Waals surface area contributed by atoms with Crippen molar-refractivity contribution >= 4 is 23.2 Å². The predicted molar refractivity (Wildman–Crippen MR) is 116 cm³/mol. The van der Waals surface area contributed by atoms with Crippen molar-refractivity contribution in [2.45, 2.75) is 13.8 Å². The Morgan fingerprint density at radius 3 is 2.55 bits per heavy atom. The van der Waals surface area contributed by atoms with E-state index in [0.29, 0.717) is 16.4 Å². The van der Waals surface area contributed by atoms with Crippen molar-refractivity contribution < 1.29 is 4.79 Å². The zero-order chi connectivity index (χ0) is 20.4. The number of rotatable bonds is 4. The summed E-state index contributed by atoms with van der Waals surface area (Å²) in [7, 11) is 0. The summed E-state index contributed by atoms with van der Waals surface area (Å²) in [5, 5.41) is 8.05.